The molecule has 1 aliphatic rings. The van der Waals surface area contributed by atoms with E-state index >= 15 is 0 Å². The third-order valence-electron chi connectivity index (χ3n) is 4.98. The lowest BCUT2D eigenvalue weighted by Gasteiger charge is -2.30. The van der Waals surface area contributed by atoms with E-state index in [0.29, 0.717) is 6.54 Å². The molecule has 7 nitrogen and oxygen atoms in total. The second kappa shape index (κ2) is 15.0. The molecule has 0 aliphatic carbocycles. The molecular formula is C26H32N2O5. The Morgan fingerprint density at radius 2 is 1.61 bits per heavy atom. The van der Waals surface area contributed by atoms with Gasteiger partial charge in [0.1, 0.15) is 6.61 Å². The molecule has 0 radical (unpaired) electrons. The highest BCUT2D eigenvalue weighted by atomic mass is 17.6. The van der Waals surface area contributed by atoms with Gasteiger partial charge in [-0.25, -0.2) is 5.26 Å². The van der Waals surface area contributed by atoms with Crippen molar-refractivity contribution >= 4 is 11.5 Å². The van der Waals surface area contributed by atoms with Gasteiger partial charge in [-0.1, -0.05) is 72.2 Å². The van der Waals surface area contributed by atoms with Gasteiger partial charge in [0.2, 0.25) is 5.91 Å². The molecule has 2 N–H and O–H groups in total. The van der Waals surface area contributed by atoms with Gasteiger partial charge in [0.05, 0.1) is 6.54 Å². The first-order valence-corrected chi connectivity index (χ1v) is 10.9. The molecule has 0 spiro atoms. The summed E-state index contributed by atoms with van der Waals surface area (Å²) in [6.07, 6.45) is 6.69. The van der Waals surface area contributed by atoms with Crippen LogP contribution in [0.5, 0.6) is 0 Å². The summed E-state index contributed by atoms with van der Waals surface area (Å²) in [5.74, 6) is 2.19. The molecule has 0 bridgehead atoms. The molecule has 2 aromatic carbocycles. The van der Waals surface area contributed by atoms with Crippen LogP contribution in [0.15, 0.2) is 66.2 Å². The van der Waals surface area contributed by atoms with E-state index in [0.717, 1.165) is 25.9 Å². The number of benzene rings is 2. The van der Waals surface area contributed by atoms with Crippen molar-refractivity contribution < 1.29 is 25.0 Å². The number of nitrogens with one attached hydrogen (secondary N) is 1. The van der Waals surface area contributed by atoms with Crippen molar-refractivity contribution in [2.75, 3.05) is 26.2 Å². The van der Waals surface area contributed by atoms with Gasteiger partial charge in [0.25, 0.3) is 0 Å². The van der Waals surface area contributed by atoms with Gasteiger partial charge >= 0.3 is 0 Å². The Morgan fingerprint density at radius 3 is 2.06 bits per heavy atom. The SMILES string of the molecule is C#CCOOOO.CC(C)NC(=O)CN1CCC(=C(c2ccccc2)c2ccccc2)CC1. The molecule has 1 aliphatic heterocycles. The van der Waals surface area contributed by atoms with Gasteiger partial charge in [-0.3, -0.25) is 9.69 Å². The first-order valence-electron chi connectivity index (χ1n) is 10.9. The molecule has 176 valence electrons. The van der Waals surface area contributed by atoms with Crippen LogP contribution in [0.3, 0.4) is 0 Å². The second-order valence-electron chi connectivity index (χ2n) is 7.82. The summed E-state index contributed by atoms with van der Waals surface area (Å²) in [6.45, 7) is 6.31. The predicted octanol–water partition coefficient (Wildman–Crippen LogP) is 4.08. The van der Waals surface area contributed by atoms with Gasteiger partial charge in [-0.05, 0) is 53.5 Å². The van der Waals surface area contributed by atoms with Crippen LogP contribution in [0.25, 0.3) is 5.57 Å². The van der Waals surface area contributed by atoms with Gasteiger partial charge in [0.15, 0.2) is 0 Å². The van der Waals surface area contributed by atoms with Crippen LogP contribution in [0.4, 0.5) is 0 Å². The monoisotopic (exact) mass is 452 g/mol. The van der Waals surface area contributed by atoms with Gasteiger partial charge < -0.3 is 5.32 Å². The molecule has 0 atom stereocenters. The summed E-state index contributed by atoms with van der Waals surface area (Å²) in [4.78, 5) is 18.2. The standard InChI is InChI=1S/C23H28N2O.C3H4O4/c1-18(2)24-22(26)17-25-15-13-21(14-16-25)23(19-9-5-3-6-10-19)20-11-7-4-8-12-20;1-2-3-5-7-6-4/h3-12,18H,13-17H2,1-2H3,(H,24,26);1,4H,3H2. The Bertz CT molecular complexity index is 856. The Kier molecular flexibility index (Phi) is 11.9. The number of hydrogen-bond donors (Lipinski definition) is 2. The smallest absolute Gasteiger partial charge is 0.234 e. The Hall–Kier alpha value is -2.99. The van der Waals surface area contributed by atoms with Crippen molar-refractivity contribution in [1.29, 1.82) is 0 Å². The van der Waals surface area contributed by atoms with Crippen LogP contribution in [0.2, 0.25) is 0 Å². The van der Waals surface area contributed by atoms with Crippen LogP contribution < -0.4 is 5.32 Å². The number of likely N-dealkylation sites (tertiary alicyclic amines) is 1. The molecule has 3 rings (SSSR count). The average molecular weight is 453 g/mol. The number of amides is 1. The fourth-order valence-electron chi connectivity index (χ4n) is 3.67. The maximum atomic E-state index is 12.0. The van der Waals surface area contributed by atoms with E-state index in [9.17, 15) is 4.79 Å². The number of nitrogens with zero attached hydrogens (tertiary/aromatic N) is 1. The van der Waals surface area contributed by atoms with Crippen LogP contribution in [-0.2, 0) is 19.8 Å². The zero-order chi connectivity index (χ0) is 23.9. The lowest BCUT2D eigenvalue weighted by Crippen LogP contribution is -2.42. The molecule has 1 fully saturated rings. The summed E-state index contributed by atoms with van der Waals surface area (Å²) in [7, 11) is 0. The van der Waals surface area contributed by atoms with E-state index in [2.05, 4.69) is 98.2 Å². The normalized spacial score (nSPS) is 13.6. The molecular weight excluding hydrogens is 420 g/mol. The maximum Gasteiger partial charge on any atom is 0.234 e. The van der Waals surface area contributed by atoms with E-state index < -0.39 is 0 Å². The third kappa shape index (κ3) is 9.58. The zero-order valence-electron chi connectivity index (χ0n) is 19.2. The van der Waals surface area contributed by atoms with E-state index in [1.54, 1.807) is 0 Å². The zero-order valence-corrected chi connectivity index (χ0v) is 19.2. The number of carbonyl (C=O) groups is 1. The highest BCUT2D eigenvalue weighted by molar-refractivity contribution is 5.82. The molecule has 1 heterocycles. The molecule has 0 aromatic heterocycles. The third-order valence-corrected chi connectivity index (χ3v) is 4.98. The average Bonchev–Trinajstić information content (AvgIpc) is 2.82. The minimum atomic E-state index is -0.0550. The summed E-state index contributed by atoms with van der Waals surface area (Å²) in [5.41, 5.74) is 5.40. The van der Waals surface area contributed by atoms with Gasteiger partial charge in [0, 0.05) is 19.1 Å². The van der Waals surface area contributed by atoms with Crippen LogP contribution in [-0.4, -0.2) is 48.3 Å². The Balaban J connectivity index is 0.000000479. The van der Waals surface area contributed by atoms with E-state index in [1.165, 1.54) is 22.3 Å². The van der Waals surface area contributed by atoms with Crippen LogP contribution >= 0.6 is 0 Å². The molecule has 7 heteroatoms. The molecule has 2 aromatic rings. The van der Waals surface area contributed by atoms with Crippen molar-refractivity contribution in [1.82, 2.24) is 10.2 Å². The van der Waals surface area contributed by atoms with Crippen molar-refractivity contribution in [3.63, 3.8) is 0 Å². The van der Waals surface area contributed by atoms with E-state index in [-0.39, 0.29) is 18.6 Å². The molecule has 1 saturated heterocycles. The van der Waals surface area contributed by atoms with Crippen LogP contribution in [0.1, 0.15) is 37.8 Å². The molecule has 1 amide bonds. The number of terminal acetylenes is 1. The quantitative estimate of drug-likeness (QED) is 0.272. The lowest BCUT2D eigenvalue weighted by molar-refractivity contribution is -0.620. The molecule has 33 heavy (non-hydrogen) atoms. The van der Waals surface area contributed by atoms with E-state index in [1.807, 2.05) is 13.8 Å². The largest absolute Gasteiger partial charge is 0.353 e. The van der Waals surface area contributed by atoms with Crippen molar-refractivity contribution in [2.45, 2.75) is 32.7 Å². The van der Waals surface area contributed by atoms with Crippen LogP contribution in [0, 0.1) is 12.3 Å². The maximum absolute atomic E-state index is 12.0. The number of piperidine rings is 1. The van der Waals surface area contributed by atoms with E-state index in [4.69, 9.17) is 5.26 Å². The fourth-order valence-corrected chi connectivity index (χ4v) is 3.67. The van der Waals surface area contributed by atoms with Crippen molar-refractivity contribution in [3.8, 4) is 12.3 Å². The Morgan fingerprint density at radius 1 is 1.06 bits per heavy atom. The minimum absolute atomic E-state index is 0.0550. The lowest BCUT2D eigenvalue weighted by atomic mass is 9.88. The van der Waals surface area contributed by atoms with Gasteiger partial charge in [-0.15, -0.1) is 6.42 Å². The van der Waals surface area contributed by atoms with Crippen molar-refractivity contribution in [2.24, 2.45) is 0 Å². The summed E-state index contributed by atoms with van der Waals surface area (Å²) in [5, 5.41) is 16.9. The summed E-state index contributed by atoms with van der Waals surface area (Å²) < 4.78 is 0. The summed E-state index contributed by atoms with van der Waals surface area (Å²) in [6, 6.07) is 21.5. The highest BCUT2D eigenvalue weighted by Gasteiger charge is 2.20. The topological polar surface area (TPSA) is 80.3 Å². The number of carbonyl (C=O) groups excluding carboxylic acids is 1. The fraction of sp³-hybridized carbons (Fsp3) is 0.346. The van der Waals surface area contributed by atoms with Crippen molar-refractivity contribution in [3.05, 3.63) is 77.4 Å². The first-order chi connectivity index (χ1) is 16.0. The number of rotatable bonds is 8. The predicted molar refractivity (Wildman–Crippen MR) is 127 cm³/mol. The van der Waals surface area contributed by atoms with Gasteiger partial charge in [-0.2, -0.15) is 4.89 Å². The first kappa shape index (κ1) is 26.3. The molecule has 0 saturated carbocycles. The number of hydrogen-bond acceptors (Lipinski definition) is 6. The minimum Gasteiger partial charge on any atom is -0.353 e. The second-order valence-corrected chi connectivity index (χ2v) is 7.82. The summed E-state index contributed by atoms with van der Waals surface area (Å²) >= 11 is 0. The Labute approximate surface area is 195 Å². The molecule has 0 unspecified atom stereocenters. The highest BCUT2D eigenvalue weighted by Crippen LogP contribution is 2.32.